The van der Waals surface area contributed by atoms with Gasteiger partial charge >= 0.3 is 0 Å². The lowest BCUT2D eigenvalue weighted by Gasteiger charge is -2.18. The average molecular weight is 282 g/mol. The van der Waals surface area contributed by atoms with Crippen LogP contribution in [0.5, 0.6) is 0 Å². The van der Waals surface area contributed by atoms with Crippen molar-refractivity contribution in [2.24, 2.45) is 11.8 Å². The van der Waals surface area contributed by atoms with Gasteiger partial charge in [0.05, 0.1) is 24.0 Å². The largest absolute Gasteiger partial charge is 0.365 e. The van der Waals surface area contributed by atoms with Crippen LogP contribution in [0.3, 0.4) is 0 Å². The number of carbonyl (C=O) groups excluding carboxylic acids is 2. The number of carbonyl (C=O) groups is 2. The predicted octanol–water partition coefficient (Wildman–Crippen LogP) is 2.42. The van der Waals surface area contributed by atoms with Gasteiger partial charge in [0.1, 0.15) is 5.92 Å². The van der Waals surface area contributed by atoms with Crippen molar-refractivity contribution >= 4 is 11.6 Å². The van der Waals surface area contributed by atoms with Crippen LogP contribution in [0.15, 0.2) is 24.3 Å². The molecule has 4 atom stereocenters. The van der Waals surface area contributed by atoms with Crippen molar-refractivity contribution in [2.45, 2.75) is 38.9 Å². The molecule has 21 heavy (non-hydrogen) atoms. The van der Waals surface area contributed by atoms with Crippen molar-refractivity contribution in [2.75, 3.05) is 0 Å². The van der Waals surface area contributed by atoms with Crippen molar-refractivity contribution < 1.29 is 14.3 Å². The zero-order valence-corrected chi connectivity index (χ0v) is 12.4. The minimum atomic E-state index is -0.589. The van der Waals surface area contributed by atoms with E-state index in [-0.39, 0.29) is 35.6 Å². The summed E-state index contributed by atoms with van der Waals surface area (Å²) in [6, 6.07) is 4.11. The van der Waals surface area contributed by atoms with Gasteiger partial charge in [0.25, 0.3) is 0 Å². The van der Waals surface area contributed by atoms with Crippen molar-refractivity contribution in [1.29, 1.82) is 0 Å². The lowest BCUT2D eigenvalue weighted by Crippen LogP contribution is -2.26. The molecule has 108 valence electrons. The Morgan fingerprint density at radius 2 is 1.33 bits per heavy atom. The molecule has 4 rings (SSSR count). The lowest BCUT2D eigenvalue weighted by atomic mass is 9.85. The number of benzene rings is 1. The number of aryl methyl sites for hydroxylation is 3. The van der Waals surface area contributed by atoms with E-state index in [2.05, 4.69) is 12.1 Å². The molecule has 2 bridgehead atoms. The van der Waals surface area contributed by atoms with E-state index in [4.69, 9.17) is 4.74 Å². The fourth-order valence-corrected chi connectivity index (χ4v) is 4.44. The van der Waals surface area contributed by atoms with Gasteiger partial charge < -0.3 is 4.74 Å². The number of ether oxygens (including phenoxy) is 1. The number of fused-ring (bicyclic) bond motifs is 5. The average Bonchev–Trinajstić information content (AvgIpc) is 3.06. The highest BCUT2D eigenvalue weighted by atomic mass is 16.5. The molecule has 0 aromatic heterocycles. The van der Waals surface area contributed by atoms with Gasteiger partial charge in [-0.3, -0.25) is 9.59 Å². The van der Waals surface area contributed by atoms with Gasteiger partial charge in [-0.2, -0.15) is 0 Å². The van der Waals surface area contributed by atoms with E-state index in [0.29, 0.717) is 0 Å². The number of Topliss-reactive ketones (excluding diaryl/α,β-unsaturated/α-hetero) is 2. The van der Waals surface area contributed by atoms with Gasteiger partial charge in [0, 0.05) is 0 Å². The first-order valence-corrected chi connectivity index (χ1v) is 7.48. The van der Waals surface area contributed by atoms with Gasteiger partial charge in [-0.05, 0) is 37.5 Å². The highest BCUT2D eigenvalue weighted by molar-refractivity contribution is 6.17. The maximum absolute atomic E-state index is 12.8. The first-order valence-electron chi connectivity index (χ1n) is 7.48. The van der Waals surface area contributed by atoms with E-state index >= 15 is 0 Å². The second kappa shape index (κ2) is 4.14. The zero-order chi connectivity index (χ0) is 14.9. The summed E-state index contributed by atoms with van der Waals surface area (Å²) >= 11 is 0. The third kappa shape index (κ3) is 1.58. The molecule has 1 aliphatic carbocycles. The maximum Gasteiger partial charge on any atom is 0.154 e. The molecular weight excluding hydrogens is 264 g/mol. The Hall–Kier alpha value is -1.74. The summed E-state index contributed by atoms with van der Waals surface area (Å²) < 4.78 is 5.69. The Balaban J connectivity index is 1.82. The Labute approximate surface area is 124 Å². The zero-order valence-electron chi connectivity index (χ0n) is 12.4. The molecule has 1 saturated heterocycles. The summed E-state index contributed by atoms with van der Waals surface area (Å²) in [5, 5.41) is 0. The Morgan fingerprint density at radius 1 is 0.857 bits per heavy atom. The van der Waals surface area contributed by atoms with Crippen LogP contribution in [-0.2, 0) is 14.3 Å². The van der Waals surface area contributed by atoms with Crippen LogP contribution in [0.4, 0.5) is 0 Å². The topological polar surface area (TPSA) is 43.4 Å². The summed E-state index contributed by atoms with van der Waals surface area (Å²) in [4.78, 5) is 25.7. The fourth-order valence-electron chi connectivity index (χ4n) is 4.44. The Bertz CT molecular complexity index is 647. The minimum Gasteiger partial charge on any atom is -0.365 e. The third-order valence-corrected chi connectivity index (χ3v) is 5.15. The second-order valence-corrected chi connectivity index (χ2v) is 6.55. The van der Waals surface area contributed by atoms with E-state index < -0.39 is 5.92 Å². The van der Waals surface area contributed by atoms with Gasteiger partial charge in [-0.25, -0.2) is 0 Å². The first kappa shape index (κ1) is 13.0. The standard InChI is InChI=1S/C18H18O3/c1-8-6-9(2)13(10(3)7-8)16-17(19)14-11-4-5-12(21-11)15(14)18(16)20/h4-7,11-12,14-16H,1-3H3. The molecule has 2 heterocycles. The molecule has 0 amide bonds. The van der Waals surface area contributed by atoms with Crippen LogP contribution in [0.2, 0.25) is 0 Å². The van der Waals surface area contributed by atoms with E-state index in [1.807, 2.05) is 32.9 Å². The lowest BCUT2D eigenvalue weighted by molar-refractivity contribution is -0.127. The maximum atomic E-state index is 12.8. The van der Waals surface area contributed by atoms with Gasteiger partial charge in [0.15, 0.2) is 11.6 Å². The highest BCUT2D eigenvalue weighted by Crippen LogP contribution is 2.50. The summed E-state index contributed by atoms with van der Waals surface area (Å²) in [7, 11) is 0. The molecule has 0 radical (unpaired) electrons. The smallest absolute Gasteiger partial charge is 0.154 e. The minimum absolute atomic E-state index is 0.0527. The van der Waals surface area contributed by atoms with Crippen molar-refractivity contribution in [1.82, 2.24) is 0 Å². The van der Waals surface area contributed by atoms with Crippen LogP contribution in [0.1, 0.15) is 28.2 Å². The molecule has 3 heteroatoms. The summed E-state index contributed by atoms with van der Waals surface area (Å²) in [5.41, 5.74) is 4.17. The first-order chi connectivity index (χ1) is 9.99. The molecule has 1 aromatic carbocycles. The van der Waals surface area contributed by atoms with Crippen molar-refractivity contribution in [3.05, 3.63) is 46.5 Å². The van der Waals surface area contributed by atoms with Crippen molar-refractivity contribution in [3.63, 3.8) is 0 Å². The molecular formula is C18H18O3. The van der Waals surface area contributed by atoms with Crippen LogP contribution >= 0.6 is 0 Å². The molecule has 1 saturated carbocycles. The van der Waals surface area contributed by atoms with Crippen LogP contribution in [-0.4, -0.2) is 23.8 Å². The number of rotatable bonds is 1. The van der Waals surface area contributed by atoms with Gasteiger partial charge in [-0.15, -0.1) is 0 Å². The molecule has 0 N–H and O–H groups in total. The van der Waals surface area contributed by atoms with E-state index in [9.17, 15) is 9.59 Å². The van der Waals surface area contributed by atoms with Crippen LogP contribution < -0.4 is 0 Å². The normalized spacial score (nSPS) is 36.6. The third-order valence-electron chi connectivity index (χ3n) is 5.15. The molecule has 3 aliphatic rings. The van der Waals surface area contributed by atoms with E-state index in [0.717, 1.165) is 22.3 Å². The van der Waals surface area contributed by atoms with Crippen LogP contribution in [0.25, 0.3) is 0 Å². The monoisotopic (exact) mass is 282 g/mol. The molecule has 4 unspecified atom stereocenters. The number of ketones is 2. The quantitative estimate of drug-likeness (QED) is 0.587. The molecule has 1 aromatic rings. The van der Waals surface area contributed by atoms with Crippen molar-refractivity contribution in [3.8, 4) is 0 Å². The molecule has 2 fully saturated rings. The molecule has 2 aliphatic heterocycles. The Morgan fingerprint density at radius 3 is 1.81 bits per heavy atom. The summed E-state index contributed by atoms with van der Waals surface area (Å²) in [6.07, 6.45) is 3.50. The van der Waals surface area contributed by atoms with E-state index in [1.54, 1.807) is 0 Å². The number of hydrogen-bond donors (Lipinski definition) is 0. The fraction of sp³-hybridized carbons (Fsp3) is 0.444. The SMILES string of the molecule is Cc1cc(C)c(C2C(=O)C3C4C=CC(O4)C3C2=O)c(C)c1. The summed E-state index contributed by atoms with van der Waals surface area (Å²) in [6.45, 7) is 6.02. The predicted molar refractivity (Wildman–Crippen MR) is 78.2 cm³/mol. The second-order valence-electron chi connectivity index (χ2n) is 6.55. The Kier molecular flexibility index (Phi) is 2.55. The summed E-state index contributed by atoms with van der Waals surface area (Å²) in [5.74, 6) is -1.02. The van der Waals surface area contributed by atoms with E-state index in [1.165, 1.54) is 0 Å². The van der Waals surface area contributed by atoms with Gasteiger partial charge in [0.2, 0.25) is 0 Å². The molecule has 0 spiro atoms. The van der Waals surface area contributed by atoms with Gasteiger partial charge in [-0.1, -0.05) is 29.8 Å². The number of hydrogen-bond acceptors (Lipinski definition) is 3. The van der Waals surface area contributed by atoms with Crippen LogP contribution in [0, 0.1) is 32.6 Å². The highest BCUT2D eigenvalue weighted by Gasteiger charge is 2.61. The molecule has 3 nitrogen and oxygen atoms in total.